The molecule has 0 saturated heterocycles. The zero-order valence-corrected chi connectivity index (χ0v) is 15.1. The predicted octanol–water partition coefficient (Wildman–Crippen LogP) is 5.55. The maximum Gasteiger partial charge on any atom is 0.0163 e. The lowest BCUT2D eigenvalue weighted by molar-refractivity contribution is 1.19. The molecule has 0 radical (unpaired) electrons. The van der Waals surface area contributed by atoms with E-state index < -0.39 is 0 Å². The third kappa shape index (κ3) is 2.08. The monoisotopic (exact) mass is 304 g/mol. The van der Waals surface area contributed by atoms with Gasteiger partial charge in [-0.3, -0.25) is 0 Å². The van der Waals surface area contributed by atoms with E-state index in [1.165, 1.54) is 55.3 Å². The van der Waals surface area contributed by atoms with Crippen molar-refractivity contribution in [3.8, 4) is 0 Å². The van der Waals surface area contributed by atoms with Crippen LogP contribution in [-0.4, -0.2) is 0 Å². The lowest BCUT2D eigenvalue weighted by atomic mass is 9.83. The summed E-state index contributed by atoms with van der Waals surface area (Å²) in [5, 5.41) is 2.82. The zero-order chi connectivity index (χ0) is 15.2. The van der Waals surface area contributed by atoms with Gasteiger partial charge in [-0.25, -0.2) is 0 Å². The van der Waals surface area contributed by atoms with Crippen molar-refractivity contribution in [2.45, 2.75) is 53.0 Å². The summed E-state index contributed by atoms with van der Waals surface area (Å²) in [5.74, 6) is 1.58. The molecule has 0 atom stereocenters. The Morgan fingerprint density at radius 1 is 0.500 bits per heavy atom. The average Bonchev–Trinajstić information content (AvgIpc) is 2.44. The lowest BCUT2D eigenvalue weighted by Gasteiger charge is -2.23. The van der Waals surface area contributed by atoms with Gasteiger partial charge in [-0.1, -0.05) is 0 Å². The fourth-order valence-electron chi connectivity index (χ4n) is 3.29. The SMILES string of the molecule is Cc1c(C)c(C)c2c(CS)c(C)c(C)c(CS)c2c1C. The van der Waals surface area contributed by atoms with Crippen molar-refractivity contribution in [2.75, 3.05) is 0 Å². The lowest BCUT2D eigenvalue weighted by Crippen LogP contribution is -2.04. The van der Waals surface area contributed by atoms with E-state index in [2.05, 4.69) is 66.8 Å². The van der Waals surface area contributed by atoms with Gasteiger partial charge in [0.15, 0.2) is 0 Å². The molecule has 0 aliphatic heterocycles. The Hall–Kier alpha value is -0.600. The molecule has 0 amide bonds. The molecule has 2 aromatic carbocycles. The molecule has 0 fully saturated rings. The molecule has 0 saturated carbocycles. The summed E-state index contributed by atoms with van der Waals surface area (Å²) >= 11 is 9.18. The Balaban J connectivity index is 3.21. The van der Waals surface area contributed by atoms with Crippen molar-refractivity contribution in [1.29, 1.82) is 0 Å². The standard InChI is InChI=1S/C18H24S2/c1-9-10(2)14(6)18-16(8-20)12(4)11(3)15(7-19)17(18)13(9)5/h19-20H,7-8H2,1-6H3. The van der Waals surface area contributed by atoms with Crippen LogP contribution in [0.4, 0.5) is 0 Å². The minimum Gasteiger partial charge on any atom is -0.175 e. The number of hydrogen-bond donors (Lipinski definition) is 2. The Morgan fingerprint density at radius 2 is 0.800 bits per heavy atom. The Bertz CT molecular complexity index is 637. The van der Waals surface area contributed by atoms with Crippen LogP contribution < -0.4 is 0 Å². The Labute approximate surface area is 133 Å². The molecular formula is C18H24S2. The largest absolute Gasteiger partial charge is 0.175 e. The summed E-state index contributed by atoms with van der Waals surface area (Å²) in [6.45, 7) is 13.4. The Kier molecular flexibility index (Phi) is 4.46. The third-order valence-electron chi connectivity index (χ3n) is 5.08. The molecular weight excluding hydrogens is 280 g/mol. The summed E-state index contributed by atoms with van der Waals surface area (Å²) in [7, 11) is 0. The van der Waals surface area contributed by atoms with E-state index in [4.69, 9.17) is 0 Å². The third-order valence-corrected chi connectivity index (χ3v) is 5.71. The highest BCUT2D eigenvalue weighted by atomic mass is 32.1. The highest BCUT2D eigenvalue weighted by Crippen LogP contribution is 2.38. The fourth-order valence-corrected chi connectivity index (χ4v) is 4.08. The summed E-state index contributed by atoms with van der Waals surface area (Å²) in [6.07, 6.45) is 0. The van der Waals surface area contributed by atoms with Crippen LogP contribution in [0.5, 0.6) is 0 Å². The summed E-state index contributed by atoms with van der Waals surface area (Å²) in [4.78, 5) is 0. The molecule has 0 unspecified atom stereocenters. The van der Waals surface area contributed by atoms with E-state index in [1.54, 1.807) is 0 Å². The normalized spacial score (nSPS) is 11.4. The molecule has 0 aromatic heterocycles. The van der Waals surface area contributed by atoms with Crippen LogP contribution in [0.2, 0.25) is 0 Å². The first-order chi connectivity index (χ1) is 9.36. The molecule has 108 valence electrons. The molecule has 0 N–H and O–H groups in total. The van der Waals surface area contributed by atoms with Crippen LogP contribution in [-0.2, 0) is 11.5 Å². The van der Waals surface area contributed by atoms with E-state index in [0.29, 0.717) is 0 Å². The highest BCUT2D eigenvalue weighted by molar-refractivity contribution is 7.79. The van der Waals surface area contributed by atoms with Crippen molar-refractivity contribution >= 4 is 36.0 Å². The minimum atomic E-state index is 0.790. The van der Waals surface area contributed by atoms with Crippen molar-refractivity contribution in [3.63, 3.8) is 0 Å². The maximum absolute atomic E-state index is 4.59. The molecule has 0 bridgehead atoms. The average molecular weight is 305 g/mol. The highest BCUT2D eigenvalue weighted by Gasteiger charge is 2.18. The van der Waals surface area contributed by atoms with Crippen molar-refractivity contribution < 1.29 is 0 Å². The molecule has 0 aliphatic carbocycles. The van der Waals surface area contributed by atoms with Crippen LogP contribution in [0, 0.1) is 41.5 Å². The fraction of sp³-hybridized carbons (Fsp3) is 0.444. The number of benzene rings is 2. The van der Waals surface area contributed by atoms with Gasteiger partial charge in [0.25, 0.3) is 0 Å². The molecule has 20 heavy (non-hydrogen) atoms. The van der Waals surface area contributed by atoms with Crippen LogP contribution in [0.25, 0.3) is 10.8 Å². The zero-order valence-electron chi connectivity index (χ0n) is 13.3. The number of hydrogen-bond acceptors (Lipinski definition) is 2. The summed E-state index contributed by atoms with van der Waals surface area (Å²) < 4.78 is 0. The second kappa shape index (κ2) is 5.65. The van der Waals surface area contributed by atoms with Crippen molar-refractivity contribution in [2.24, 2.45) is 0 Å². The molecule has 0 heterocycles. The van der Waals surface area contributed by atoms with E-state index >= 15 is 0 Å². The van der Waals surface area contributed by atoms with Crippen LogP contribution in [0.1, 0.15) is 44.5 Å². The number of rotatable bonds is 2. The summed E-state index contributed by atoms with van der Waals surface area (Å²) in [5.41, 5.74) is 11.1. The van der Waals surface area contributed by atoms with Crippen LogP contribution >= 0.6 is 25.3 Å². The van der Waals surface area contributed by atoms with Gasteiger partial charge in [0, 0.05) is 11.5 Å². The van der Waals surface area contributed by atoms with Crippen LogP contribution in [0.3, 0.4) is 0 Å². The van der Waals surface area contributed by atoms with Gasteiger partial charge in [-0.15, -0.1) is 0 Å². The van der Waals surface area contributed by atoms with Gasteiger partial charge in [-0.2, -0.15) is 25.3 Å². The smallest absolute Gasteiger partial charge is 0.0163 e. The first-order valence-corrected chi connectivity index (χ1v) is 8.35. The second-order valence-corrected chi connectivity index (χ2v) is 6.41. The summed E-state index contributed by atoms with van der Waals surface area (Å²) in [6, 6.07) is 0. The van der Waals surface area contributed by atoms with Gasteiger partial charge in [-0.05, 0) is 96.8 Å². The molecule has 2 heteroatoms. The van der Waals surface area contributed by atoms with E-state index in [9.17, 15) is 0 Å². The Morgan fingerprint density at radius 3 is 1.05 bits per heavy atom. The second-order valence-electron chi connectivity index (χ2n) is 5.77. The molecule has 2 rings (SSSR count). The number of thiol groups is 2. The predicted molar refractivity (Wildman–Crippen MR) is 97.8 cm³/mol. The minimum absolute atomic E-state index is 0.790. The molecule has 0 nitrogen and oxygen atoms in total. The first kappa shape index (κ1) is 15.8. The molecule has 2 aromatic rings. The topological polar surface area (TPSA) is 0 Å². The van der Waals surface area contributed by atoms with Gasteiger partial charge >= 0.3 is 0 Å². The number of fused-ring (bicyclic) bond motifs is 1. The quantitative estimate of drug-likeness (QED) is 0.668. The molecule has 0 spiro atoms. The molecule has 0 aliphatic rings. The number of aryl methyl sites for hydroxylation is 2. The van der Waals surface area contributed by atoms with Crippen molar-refractivity contribution in [1.82, 2.24) is 0 Å². The van der Waals surface area contributed by atoms with E-state index in [1.807, 2.05) is 0 Å². The van der Waals surface area contributed by atoms with Crippen molar-refractivity contribution in [3.05, 3.63) is 44.5 Å². The maximum atomic E-state index is 4.59. The van der Waals surface area contributed by atoms with Crippen LogP contribution in [0.15, 0.2) is 0 Å². The van der Waals surface area contributed by atoms with E-state index in [0.717, 1.165) is 11.5 Å². The van der Waals surface area contributed by atoms with Gasteiger partial charge in [0.1, 0.15) is 0 Å². The van der Waals surface area contributed by atoms with E-state index in [-0.39, 0.29) is 0 Å². The van der Waals surface area contributed by atoms with Gasteiger partial charge in [0.2, 0.25) is 0 Å². The van der Waals surface area contributed by atoms with Gasteiger partial charge < -0.3 is 0 Å². The van der Waals surface area contributed by atoms with Gasteiger partial charge in [0.05, 0.1) is 0 Å². The first-order valence-electron chi connectivity index (χ1n) is 7.09.